The molecule has 0 aliphatic heterocycles. The van der Waals surface area contributed by atoms with Gasteiger partial charge in [-0.25, -0.2) is 4.68 Å². The molecule has 0 unspecified atom stereocenters. The van der Waals surface area contributed by atoms with E-state index in [1.165, 1.54) is 0 Å². The monoisotopic (exact) mass is 281 g/mol. The fraction of sp³-hybridized carbons (Fsp3) is 0.571. The third-order valence-electron chi connectivity index (χ3n) is 1.37. The van der Waals surface area contributed by atoms with Crippen LogP contribution >= 0.6 is 22.6 Å². The van der Waals surface area contributed by atoms with E-state index in [4.69, 9.17) is 5.73 Å². The molecule has 0 amide bonds. The molecule has 1 aromatic heterocycles. The molecule has 5 heteroatoms. The molecule has 0 saturated carbocycles. The summed E-state index contributed by atoms with van der Waals surface area (Å²) in [6.07, 6.45) is 1.68. The van der Waals surface area contributed by atoms with Crippen molar-refractivity contribution in [3.8, 4) is 0 Å². The topological polar surface area (TPSA) is 64.1 Å². The van der Waals surface area contributed by atoms with Crippen LogP contribution in [0, 0.1) is 3.57 Å². The maximum atomic E-state index is 9.49. The molecule has 1 rings (SSSR count). The summed E-state index contributed by atoms with van der Waals surface area (Å²) in [5.41, 5.74) is 4.92. The lowest BCUT2D eigenvalue weighted by Gasteiger charge is -2.17. The van der Waals surface area contributed by atoms with Crippen LogP contribution in [0.3, 0.4) is 0 Å². The number of anilines is 1. The van der Waals surface area contributed by atoms with Gasteiger partial charge in [0.2, 0.25) is 0 Å². The van der Waals surface area contributed by atoms with E-state index in [2.05, 4.69) is 27.7 Å². The van der Waals surface area contributed by atoms with Crippen molar-refractivity contribution in [2.45, 2.75) is 26.0 Å². The van der Waals surface area contributed by atoms with Crippen LogP contribution in [0.4, 0.5) is 5.82 Å². The molecule has 0 spiro atoms. The fourth-order valence-corrected chi connectivity index (χ4v) is 1.27. The van der Waals surface area contributed by atoms with Gasteiger partial charge in [-0.05, 0) is 36.4 Å². The van der Waals surface area contributed by atoms with Crippen molar-refractivity contribution in [3.05, 3.63) is 9.77 Å². The first kappa shape index (κ1) is 9.79. The van der Waals surface area contributed by atoms with Gasteiger partial charge in [-0.2, -0.15) is 5.10 Å². The van der Waals surface area contributed by atoms with Gasteiger partial charge in [-0.15, -0.1) is 0 Å². The predicted molar refractivity (Wildman–Crippen MR) is 55.7 cm³/mol. The van der Waals surface area contributed by atoms with Crippen LogP contribution in [0.15, 0.2) is 6.20 Å². The van der Waals surface area contributed by atoms with Gasteiger partial charge in [0, 0.05) is 0 Å². The van der Waals surface area contributed by atoms with Gasteiger partial charge in [0.05, 0.1) is 21.9 Å². The van der Waals surface area contributed by atoms with Crippen molar-refractivity contribution in [2.75, 3.05) is 5.73 Å². The number of aromatic nitrogens is 2. The summed E-state index contributed by atoms with van der Waals surface area (Å²) >= 11 is 2.11. The summed E-state index contributed by atoms with van der Waals surface area (Å²) in [4.78, 5) is 0. The minimum atomic E-state index is -0.775. The summed E-state index contributed by atoms with van der Waals surface area (Å²) < 4.78 is 2.51. The van der Waals surface area contributed by atoms with Crippen molar-refractivity contribution in [1.82, 2.24) is 9.78 Å². The van der Waals surface area contributed by atoms with Crippen molar-refractivity contribution in [1.29, 1.82) is 0 Å². The van der Waals surface area contributed by atoms with Gasteiger partial charge in [-0.3, -0.25) is 0 Å². The maximum absolute atomic E-state index is 9.49. The Labute approximate surface area is 84.9 Å². The first-order valence-corrected chi connectivity index (χ1v) is 4.67. The van der Waals surface area contributed by atoms with Gasteiger partial charge in [0.1, 0.15) is 5.82 Å². The first-order chi connectivity index (χ1) is 5.40. The number of rotatable bonds is 2. The molecule has 0 aliphatic rings. The molecule has 4 nitrogen and oxygen atoms in total. The number of nitrogen functional groups attached to an aromatic ring is 1. The van der Waals surface area contributed by atoms with E-state index in [1.807, 2.05) is 0 Å². The zero-order valence-corrected chi connectivity index (χ0v) is 9.24. The molecule has 0 aliphatic carbocycles. The molecule has 0 fully saturated rings. The molecule has 0 radical (unpaired) electrons. The van der Waals surface area contributed by atoms with Crippen LogP contribution in [0.5, 0.6) is 0 Å². The standard InChI is InChI=1S/C7H12IN3O/c1-7(2,12)4-11-6(9)5(8)3-10-11/h3,12H,4,9H2,1-2H3. The predicted octanol–water partition coefficient (Wildman–Crippen LogP) is 0.841. The summed E-state index contributed by atoms with van der Waals surface area (Å²) in [7, 11) is 0. The smallest absolute Gasteiger partial charge is 0.135 e. The van der Waals surface area contributed by atoms with E-state index in [1.54, 1.807) is 24.7 Å². The summed E-state index contributed by atoms with van der Waals surface area (Å²) in [6, 6.07) is 0. The first-order valence-electron chi connectivity index (χ1n) is 3.59. The van der Waals surface area contributed by atoms with E-state index in [9.17, 15) is 5.11 Å². The van der Waals surface area contributed by atoms with Crippen LogP contribution in [-0.4, -0.2) is 20.5 Å². The average molecular weight is 281 g/mol. The normalized spacial score (nSPS) is 12.0. The lowest BCUT2D eigenvalue weighted by molar-refractivity contribution is 0.0584. The van der Waals surface area contributed by atoms with Crippen molar-refractivity contribution in [3.63, 3.8) is 0 Å². The van der Waals surface area contributed by atoms with Gasteiger partial charge in [-0.1, -0.05) is 0 Å². The molecule has 1 aromatic rings. The molecule has 0 saturated heterocycles. The lowest BCUT2D eigenvalue weighted by atomic mass is 10.1. The Kier molecular flexibility index (Phi) is 2.62. The second-order valence-corrected chi connectivity index (χ2v) is 4.51. The molecule has 1 heterocycles. The minimum Gasteiger partial charge on any atom is -0.389 e. The highest BCUT2D eigenvalue weighted by Gasteiger charge is 2.16. The van der Waals surface area contributed by atoms with Gasteiger partial charge >= 0.3 is 0 Å². The lowest BCUT2D eigenvalue weighted by Crippen LogP contribution is -2.27. The summed E-state index contributed by atoms with van der Waals surface area (Å²) in [5, 5.41) is 13.5. The zero-order valence-electron chi connectivity index (χ0n) is 7.08. The third-order valence-corrected chi connectivity index (χ3v) is 2.20. The average Bonchev–Trinajstić information content (AvgIpc) is 2.16. The van der Waals surface area contributed by atoms with Crippen LogP contribution < -0.4 is 5.73 Å². The SMILES string of the molecule is CC(C)(O)Cn1ncc(I)c1N. The van der Waals surface area contributed by atoms with E-state index in [0.717, 1.165) is 3.57 Å². The molecular formula is C7H12IN3O. The Bertz CT molecular complexity index is 277. The van der Waals surface area contributed by atoms with Crippen LogP contribution in [0.1, 0.15) is 13.8 Å². The highest BCUT2D eigenvalue weighted by atomic mass is 127. The number of nitrogens with zero attached hydrogens (tertiary/aromatic N) is 2. The van der Waals surface area contributed by atoms with Crippen molar-refractivity contribution < 1.29 is 5.11 Å². The fourth-order valence-electron chi connectivity index (χ4n) is 0.865. The molecule has 0 atom stereocenters. The van der Waals surface area contributed by atoms with Crippen LogP contribution in [0.25, 0.3) is 0 Å². The Morgan fingerprint density at radius 2 is 2.33 bits per heavy atom. The summed E-state index contributed by atoms with van der Waals surface area (Å²) in [6.45, 7) is 3.86. The Morgan fingerprint density at radius 3 is 2.67 bits per heavy atom. The molecule has 0 bridgehead atoms. The largest absolute Gasteiger partial charge is 0.389 e. The van der Waals surface area contributed by atoms with E-state index < -0.39 is 5.60 Å². The molecule has 68 valence electrons. The molecule has 0 aromatic carbocycles. The second kappa shape index (κ2) is 3.21. The van der Waals surface area contributed by atoms with Gasteiger partial charge < -0.3 is 10.8 Å². The Hall–Kier alpha value is -0.300. The number of aliphatic hydroxyl groups is 1. The number of hydrogen-bond donors (Lipinski definition) is 2. The Morgan fingerprint density at radius 1 is 1.75 bits per heavy atom. The zero-order chi connectivity index (χ0) is 9.35. The molecule has 12 heavy (non-hydrogen) atoms. The third kappa shape index (κ3) is 2.34. The quantitative estimate of drug-likeness (QED) is 0.790. The molecule has 3 N–H and O–H groups in total. The van der Waals surface area contributed by atoms with Crippen molar-refractivity contribution in [2.24, 2.45) is 0 Å². The van der Waals surface area contributed by atoms with Crippen LogP contribution in [0.2, 0.25) is 0 Å². The van der Waals surface area contributed by atoms with E-state index in [0.29, 0.717) is 12.4 Å². The minimum absolute atomic E-state index is 0.418. The summed E-state index contributed by atoms with van der Waals surface area (Å²) in [5.74, 6) is 0.609. The van der Waals surface area contributed by atoms with Gasteiger partial charge in [0.15, 0.2) is 0 Å². The maximum Gasteiger partial charge on any atom is 0.135 e. The van der Waals surface area contributed by atoms with E-state index in [-0.39, 0.29) is 0 Å². The van der Waals surface area contributed by atoms with E-state index >= 15 is 0 Å². The highest BCUT2D eigenvalue weighted by Crippen LogP contribution is 2.15. The Balaban J connectivity index is 2.83. The number of hydrogen-bond acceptors (Lipinski definition) is 3. The molecular weight excluding hydrogens is 269 g/mol. The van der Waals surface area contributed by atoms with Gasteiger partial charge in [0.25, 0.3) is 0 Å². The number of halogens is 1. The number of nitrogens with two attached hydrogens (primary N) is 1. The second-order valence-electron chi connectivity index (χ2n) is 3.35. The van der Waals surface area contributed by atoms with Crippen LogP contribution in [-0.2, 0) is 6.54 Å². The highest BCUT2D eigenvalue weighted by molar-refractivity contribution is 14.1. The van der Waals surface area contributed by atoms with Crippen molar-refractivity contribution >= 4 is 28.4 Å².